The van der Waals surface area contributed by atoms with Crippen LogP contribution in [-0.2, 0) is 110 Å². The highest BCUT2D eigenvalue weighted by atomic mass is 32.1. The lowest BCUT2D eigenvalue weighted by Gasteiger charge is -2.31. The summed E-state index contributed by atoms with van der Waals surface area (Å²) in [6.45, 7) is 12.3. The molecular weight excluding hydrogens is 1800 g/mol. The standard InChI is InChI=1S/C89H129N21O23S2/c1-44(2)28-56(90)77(121)107-68(43-135)86(130)102-59(25-26-70(91)114)80(124)106-66(41-111)85(129)103-60(29-45(3)4)78(122)95-38-72(116)99-61(30-46(5)6)84(128)109-75(49(10)112)88(132)105-65(32-50-21-23-53(113)24-22-50)89(133)110-27-15-20-69(110)87(131)96-39-73(117)100-63(33-51-35-92-57-18-13-11-16-54(51)57)82(126)104-62(31-47(7)8)81(125)98-48(9)76(120)94-37-71(115)101-64(34-52-36-93-58-19-14-12-17-55(52)58)83(127)108-67(42-134)79(123)97-40-74(118)119/h11-14,16-19,21-24,35-36,44-49,56,59-69,75,92-93,111-113,134-135H,15,20,25-34,37-43,90H2,1-10H3,(H2,91,114)(H,94,120)(H,95,122)(H,96,131)(H,97,123)(H,98,125)(H,99,116)(H,100,117)(H,101,115)(H,102,130)(H,103,129)(H,104,126)(H,105,132)(H,106,124)(H,107,121)(H,108,127)(H,109,128)(H,118,119)/t48-,49+,56-,59-,60-,61-,62-,63-,64-,65-,66-,67-,68-,69-,75-/m0/s1. The number of aromatic nitrogens is 2. The lowest BCUT2D eigenvalue weighted by Crippen LogP contribution is -2.61. The molecule has 0 bridgehead atoms. The predicted molar refractivity (Wildman–Crippen MR) is 500 cm³/mol. The Bertz CT molecular complexity index is 4990. The molecule has 1 aliphatic heterocycles. The van der Waals surface area contributed by atoms with E-state index >= 15 is 4.79 Å². The monoisotopic (exact) mass is 1920 g/mol. The van der Waals surface area contributed by atoms with E-state index in [1.54, 1.807) is 102 Å². The molecule has 5 aromatic rings. The molecule has 46 heteroatoms. The summed E-state index contributed by atoms with van der Waals surface area (Å²) < 4.78 is 0. The lowest BCUT2D eigenvalue weighted by molar-refractivity contribution is -0.142. The fourth-order valence-electron chi connectivity index (χ4n) is 14.8. The summed E-state index contributed by atoms with van der Waals surface area (Å²) in [5, 5.41) is 82.1. The van der Waals surface area contributed by atoms with E-state index in [-0.39, 0.29) is 105 Å². The number of fused-ring (bicyclic) bond motifs is 2. The number of thiol groups is 2. The van der Waals surface area contributed by atoms with Gasteiger partial charge in [-0.05, 0) is 123 Å². The largest absolute Gasteiger partial charge is 0.508 e. The van der Waals surface area contributed by atoms with E-state index in [1.807, 2.05) is 13.8 Å². The molecule has 6 rings (SSSR count). The number of rotatable bonds is 55. The number of carbonyl (C=O) groups excluding carboxylic acids is 18. The van der Waals surface area contributed by atoms with Gasteiger partial charge in [0.05, 0.1) is 38.4 Å². The van der Waals surface area contributed by atoms with Gasteiger partial charge in [0.25, 0.3) is 0 Å². The molecule has 1 aliphatic rings. The Labute approximate surface area is 791 Å². The number of aliphatic hydroxyl groups is 2. The first-order valence-electron chi connectivity index (χ1n) is 44.5. The van der Waals surface area contributed by atoms with Crippen LogP contribution < -0.4 is 96.5 Å². The third kappa shape index (κ3) is 36.1. The molecule has 3 heterocycles. The van der Waals surface area contributed by atoms with Crippen molar-refractivity contribution in [3.63, 3.8) is 0 Å². The smallest absolute Gasteiger partial charge is 0.322 e. The Balaban J connectivity index is 1.10. The first-order valence-corrected chi connectivity index (χ1v) is 45.7. The number of H-pyrrole nitrogens is 2. The zero-order valence-electron chi connectivity index (χ0n) is 77.0. The minimum atomic E-state index is -1.85. The van der Waals surface area contributed by atoms with Crippen LogP contribution >= 0.6 is 25.3 Å². The fourth-order valence-corrected chi connectivity index (χ4v) is 15.3. The number of benzene rings is 3. The molecule has 0 unspecified atom stereocenters. The van der Waals surface area contributed by atoms with Crippen molar-refractivity contribution in [1.82, 2.24) is 99.9 Å². The minimum Gasteiger partial charge on any atom is -0.508 e. The van der Waals surface area contributed by atoms with E-state index in [1.165, 1.54) is 36.1 Å². The third-order valence-electron chi connectivity index (χ3n) is 21.7. The second-order valence-electron chi connectivity index (χ2n) is 34.9. The fraction of sp³-hybridized carbons (Fsp3) is 0.539. The van der Waals surface area contributed by atoms with Crippen LogP contribution in [0.15, 0.2) is 85.2 Å². The van der Waals surface area contributed by atoms with Gasteiger partial charge in [-0.25, -0.2) is 0 Å². The Morgan fingerprint density at radius 1 is 0.437 bits per heavy atom. The Kier molecular flexibility index (Phi) is 44.7. The van der Waals surface area contributed by atoms with Crippen LogP contribution in [0.3, 0.4) is 0 Å². The topological polar surface area (TPSA) is 685 Å². The van der Waals surface area contributed by atoms with Crippen molar-refractivity contribution in [2.24, 2.45) is 35.1 Å². The van der Waals surface area contributed by atoms with E-state index in [0.717, 1.165) is 6.92 Å². The van der Waals surface area contributed by atoms with Crippen molar-refractivity contribution < 1.29 is 112 Å². The molecule has 26 N–H and O–H groups in total. The lowest BCUT2D eigenvalue weighted by atomic mass is 10.0. The number of phenolic OH excluding ortho intramolecular Hbond substituents is 1. The van der Waals surface area contributed by atoms with Gasteiger partial charge < -0.3 is 132 Å². The highest BCUT2D eigenvalue weighted by molar-refractivity contribution is 7.80. The van der Waals surface area contributed by atoms with Crippen molar-refractivity contribution in [3.05, 3.63) is 102 Å². The molecule has 15 atom stereocenters. The van der Waals surface area contributed by atoms with Gasteiger partial charge in [-0.2, -0.15) is 25.3 Å². The summed E-state index contributed by atoms with van der Waals surface area (Å²) in [5.74, 6) is -19.3. The molecule has 0 radical (unpaired) electrons. The molecule has 3 aromatic carbocycles. The van der Waals surface area contributed by atoms with Crippen LogP contribution in [0.4, 0.5) is 0 Å². The Morgan fingerprint density at radius 2 is 0.837 bits per heavy atom. The number of hydrogen-bond donors (Lipinski definition) is 26. The maximum Gasteiger partial charge on any atom is 0.322 e. The summed E-state index contributed by atoms with van der Waals surface area (Å²) >= 11 is 8.30. The number of nitrogens with one attached hydrogen (secondary N) is 18. The molecule has 18 amide bonds. The number of aromatic amines is 2. The predicted octanol–water partition coefficient (Wildman–Crippen LogP) is -4.23. The van der Waals surface area contributed by atoms with Gasteiger partial charge in [-0.15, -0.1) is 0 Å². The first kappa shape index (κ1) is 111. The maximum atomic E-state index is 15.0. The number of primary amides is 1. The number of nitrogens with zero attached hydrogens (tertiary/aromatic N) is 1. The van der Waals surface area contributed by atoms with Crippen LogP contribution in [0, 0.1) is 23.7 Å². The Morgan fingerprint density at radius 3 is 1.33 bits per heavy atom. The van der Waals surface area contributed by atoms with E-state index in [4.69, 9.17) is 16.6 Å². The number of aromatic hydroxyl groups is 1. The molecule has 2 aromatic heterocycles. The third-order valence-corrected chi connectivity index (χ3v) is 22.4. The summed E-state index contributed by atoms with van der Waals surface area (Å²) in [6.07, 6.45) is 0.503. The number of carbonyl (C=O) groups is 19. The molecular formula is C89H129N21O23S2. The normalized spacial score (nSPS) is 15.6. The van der Waals surface area contributed by atoms with Crippen LogP contribution in [0.2, 0.25) is 0 Å². The van der Waals surface area contributed by atoms with Crippen molar-refractivity contribution >= 4 is 159 Å². The van der Waals surface area contributed by atoms with Gasteiger partial charge >= 0.3 is 5.97 Å². The summed E-state index contributed by atoms with van der Waals surface area (Å²) in [5.41, 5.74) is 14.3. The highest BCUT2D eigenvalue weighted by Crippen LogP contribution is 2.25. The molecule has 740 valence electrons. The van der Waals surface area contributed by atoms with Gasteiger partial charge in [-0.1, -0.05) is 104 Å². The van der Waals surface area contributed by atoms with E-state index < -0.39 is 249 Å². The zero-order chi connectivity index (χ0) is 100. The zero-order valence-corrected chi connectivity index (χ0v) is 78.8. The summed E-state index contributed by atoms with van der Waals surface area (Å²) in [4.78, 5) is 268. The van der Waals surface area contributed by atoms with Crippen molar-refractivity contribution in [3.8, 4) is 5.75 Å². The van der Waals surface area contributed by atoms with E-state index in [9.17, 15) is 102 Å². The first-order chi connectivity index (χ1) is 63.8. The van der Waals surface area contributed by atoms with Crippen molar-refractivity contribution in [2.45, 2.75) is 231 Å². The molecule has 0 aliphatic carbocycles. The molecule has 0 saturated carbocycles. The highest BCUT2D eigenvalue weighted by Gasteiger charge is 2.42. The molecule has 135 heavy (non-hydrogen) atoms. The van der Waals surface area contributed by atoms with Gasteiger partial charge in [0.15, 0.2) is 0 Å². The number of carboxylic acids is 1. The quantitative estimate of drug-likeness (QED) is 0.0164. The summed E-state index contributed by atoms with van der Waals surface area (Å²) in [7, 11) is 0. The number of aliphatic carboxylic acids is 1. The van der Waals surface area contributed by atoms with Crippen LogP contribution in [0.25, 0.3) is 21.8 Å². The second kappa shape index (κ2) is 54.4. The van der Waals surface area contributed by atoms with E-state index in [0.29, 0.717) is 38.5 Å². The molecule has 0 spiro atoms. The SMILES string of the molecule is CC(C)C[C@H](NC(=O)CNC(=O)[C@H](CC(C)C)NC(=O)[C@H](CO)NC(=O)[C@H](CCC(N)=O)NC(=O)[C@H](CS)NC(=O)[C@@H](N)CC(C)C)C(=O)N[C@H](C(=O)N[C@@H](Cc1ccc(O)cc1)C(=O)N1CCC[C@H]1C(=O)NCC(=O)N[C@@H](Cc1c[nH]c2ccccc12)C(=O)N[C@@H](CC(C)C)C(=O)N[C@@H](C)C(=O)NCC(=O)N[C@@H](Cc1c[nH]c2ccccc12)C(=O)N[C@@H](CS)C(=O)NCC(=O)O)[C@@H](C)O. The average Bonchev–Trinajstić information content (AvgIpc) is 1.71. The van der Waals surface area contributed by atoms with Gasteiger partial charge in [0, 0.05) is 77.9 Å². The van der Waals surface area contributed by atoms with Gasteiger partial charge in [0.2, 0.25) is 106 Å². The van der Waals surface area contributed by atoms with Crippen LogP contribution in [-0.4, -0.2) is 289 Å². The second-order valence-corrected chi connectivity index (χ2v) is 35.6. The maximum absolute atomic E-state index is 15.0. The molecule has 1 saturated heterocycles. The minimum absolute atomic E-state index is 0.00717. The number of phenols is 1. The van der Waals surface area contributed by atoms with Crippen molar-refractivity contribution in [2.75, 3.05) is 50.8 Å². The van der Waals surface area contributed by atoms with Crippen LogP contribution in [0.1, 0.15) is 137 Å². The van der Waals surface area contributed by atoms with Crippen LogP contribution in [0.5, 0.6) is 5.75 Å². The van der Waals surface area contributed by atoms with Crippen molar-refractivity contribution in [1.29, 1.82) is 0 Å². The number of hydrogen-bond acceptors (Lipinski definition) is 25. The molecule has 1 fully saturated rings. The Hall–Kier alpha value is -13.0. The summed E-state index contributed by atoms with van der Waals surface area (Å²) in [6, 6.07) is -0.375. The number of nitrogens with two attached hydrogens (primary N) is 2. The molecule has 44 nitrogen and oxygen atoms in total. The number of para-hydroxylation sites is 2. The number of carboxylic acid groups (broad SMARTS) is 1. The van der Waals surface area contributed by atoms with Gasteiger partial charge in [-0.3, -0.25) is 91.1 Å². The number of amides is 18. The van der Waals surface area contributed by atoms with E-state index in [2.05, 4.69) is 120 Å². The number of likely N-dealkylation sites (tertiary alicyclic amines) is 1. The van der Waals surface area contributed by atoms with Gasteiger partial charge in [0.1, 0.15) is 90.8 Å². The average molecular weight is 1930 g/mol. The number of aliphatic hydroxyl groups excluding tert-OH is 2.